The minimum atomic E-state index is -1.10. The molecule has 3 heterocycles. The van der Waals surface area contributed by atoms with Gasteiger partial charge in [0.1, 0.15) is 17.0 Å². The molecule has 238 valence electrons. The third-order valence-corrected chi connectivity index (χ3v) is 8.76. The predicted molar refractivity (Wildman–Crippen MR) is 173 cm³/mol. The Bertz CT molecular complexity index is 1470. The summed E-state index contributed by atoms with van der Waals surface area (Å²) in [7, 11) is 0. The zero-order chi connectivity index (χ0) is 32.5. The van der Waals surface area contributed by atoms with Gasteiger partial charge in [-0.25, -0.2) is 9.59 Å². The fourth-order valence-electron chi connectivity index (χ4n) is 5.70. The van der Waals surface area contributed by atoms with E-state index in [2.05, 4.69) is 26.1 Å². The van der Waals surface area contributed by atoms with Gasteiger partial charge >= 0.3 is 12.1 Å². The van der Waals surface area contributed by atoms with Gasteiger partial charge in [0.25, 0.3) is 0 Å². The lowest BCUT2D eigenvalue weighted by Gasteiger charge is -2.51. The number of likely N-dealkylation sites (tertiary alicyclic amines) is 1. The molecule has 45 heavy (non-hydrogen) atoms. The first kappa shape index (κ1) is 32.3. The van der Waals surface area contributed by atoms with E-state index >= 15 is 0 Å². The molecule has 10 heteroatoms. The van der Waals surface area contributed by atoms with Crippen molar-refractivity contribution >= 4 is 35.6 Å². The summed E-state index contributed by atoms with van der Waals surface area (Å²) in [6.45, 7) is 12.7. The molecule has 2 saturated heterocycles. The summed E-state index contributed by atoms with van der Waals surface area (Å²) >= 11 is 1.32. The number of carbonyl (C=O) groups is 4. The Balaban J connectivity index is 1.46. The highest BCUT2D eigenvalue weighted by Crippen LogP contribution is 2.42. The fourth-order valence-corrected chi connectivity index (χ4v) is 6.89. The van der Waals surface area contributed by atoms with E-state index in [0.717, 1.165) is 11.1 Å². The van der Waals surface area contributed by atoms with Crippen molar-refractivity contribution in [3.05, 3.63) is 94.4 Å². The first-order chi connectivity index (χ1) is 21.2. The van der Waals surface area contributed by atoms with Crippen molar-refractivity contribution in [1.82, 2.24) is 15.1 Å². The number of fused-ring (bicyclic) bond motifs is 1. The molecule has 0 aliphatic carbocycles. The smallest absolute Gasteiger partial charge is 0.408 e. The van der Waals surface area contributed by atoms with E-state index in [9.17, 15) is 19.2 Å². The number of hydrogen-bond donors (Lipinski definition) is 1. The molecule has 2 aromatic carbocycles. The summed E-state index contributed by atoms with van der Waals surface area (Å²) in [5.74, 6) is -1.12. The monoisotopic (exact) mass is 631 g/mol. The topological polar surface area (TPSA) is 105 Å². The van der Waals surface area contributed by atoms with Gasteiger partial charge in [0.05, 0.1) is 0 Å². The largest absolute Gasteiger partial charge is 0.451 e. The summed E-state index contributed by atoms with van der Waals surface area (Å²) in [5.41, 5.74) is 1.86. The molecular formula is C35H41N3O6S. The Morgan fingerprint density at radius 1 is 0.978 bits per heavy atom. The highest BCUT2D eigenvalue weighted by molar-refractivity contribution is 8.03. The Morgan fingerprint density at radius 3 is 2.13 bits per heavy atom. The molecule has 5 rings (SSSR count). The lowest BCUT2D eigenvalue weighted by Crippen LogP contribution is -2.74. The van der Waals surface area contributed by atoms with E-state index in [0.29, 0.717) is 30.7 Å². The van der Waals surface area contributed by atoms with Crippen molar-refractivity contribution in [2.75, 3.05) is 13.1 Å². The third kappa shape index (κ3) is 7.44. The molecule has 3 aliphatic heterocycles. The molecule has 0 spiro atoms. The quantitative estimate of drug-likeness (QED) is 0.242. The molecule has 0 saturated carbocycles. The summed E-state index contributed by atoms with van der Waals surface area (Å²) in [5, 5.41) is 3.92. The maximum Gasteiger partial charge on any atom is 0.408 e. The molecule has 3 amide bonds. The summed E-state index contributed by atoms with van der Waals surface area (Å²) in [6.07, 6.45) is 0.850. The fraction of sp³-hybridized carbons (Fsp3) is 0.429. The number of hydrogen-bond acceptors (Lipinski definition) is 7. The van der Waals surface area contributed by atoms with Gasteiger partial charge in [-0.15, -0.1) is 11.8 Å². The van der Waals surface area contributed by atoms with Gasteiger partial charge < -0.3 is 24.6 Å². The van der Waals surface area contributed by atoms with Crippen molar-refractivity contribution in [1.29, 1.82) is 0 Å². The predicted octanol–water partition coefficient (Wildman–Crippen LogP) is 5.58. The molecule has 3 atom stereocenters. The number of nitrogens with zero attached hydrogens (tertiary/aromatic N) is 2. The number of esters is 1. The van der Waals surface area contributed by atoms with Gasteiger partial charge in [-0.05, 0) is 60.8 Å². The van der Waals surface area contributed by atoms with E-state index in [-0.39, 0.29) is 11.3 Å². The number of benzene rings is 2. The molecule has 2 fully saturated rings. The zero-order valence-electron chi connectivity index (χ0n) is 26.6. The van der Waals surface area contributed by atoms with Crippen LogP contribution in [-0.4, -0.2) is 69.8 Å². The molecular weight excluding hydrogens is 590 g/mol. The van der Waals surface area contributed by atoms with Crippen LogP contribution >= 0.6 is 11.8 Å². The Labute approximate surface area is 269 Å². The zero-order valence-corrected chi connectivity index (χ0v) is 27.4. The maximum absolute atomic E-state index is 14.2. The Morgan fingerprint density at radius 2 is 1.58 bits per heavy atom. The second-order valence-electron chi connectivity index (χ2n) is 13.8. The SMILES string of the molecule is CC(C)(C)CN1CC/C(=C\C2=CS[C@@H]3[C@H](NC(=O)OC(C)(C)C)C(=O)N3[C@H]2C(=O)OC(c2ccccc2)c2ccccc2)C1=O. The van der Waals surface area contributed by atoms with E-state index < -0.39 is 47.1 Å². The number of ether oxygens (including phenoxy) is 2. The minimum absolute atomic E-state index is 0.0608. The van der Waals surface area contributed by atoms with Crippen LogP contribution < -0.4 is 5.32 Å². The second-order valence-corrected chi connectivity index (χ2v) is 14.8. The number of β-lactam (4-membered cyclic amide) rings is 1. The molecule has 0 bridgehead atoms. The molecule has 0 radical (unpaired) electrons. The van der Waals surface area contributed by atoms with Gasteiger partial charge in [0.15, 0.2) is 12.1 Å². The van der Waals surface area contributed by atoms with Crippen LogP contribution in [0.5, 0.6) is 0 Å². The second kappa shape index (κ2) is 12.7. The lowest BCUT2D eigenvalue weighted by atomic mass is 9.95. The van der Waals surface area contributed by atoms with Gasteiger partial charge in [-0.2, -0.15) is 0 Å². The van der Waals surface area contributed by atoms with Crippen molar-refractivity contribution < 1.29 is 28.7 Å². The van der Waals surface area contributed by atoms with Crippen molar-refractivity contribution in [2.45, 2.75) is 77.1 Å². The Hall–Kier alpha value is -4.05. The van der Waals surface area contributed by atoms with Crippen LogP contribution in [0.2, 0.25) is 0 Å². The number of thioether (sulfide) groups is 1. The molecule has 1 N–H and O–H groups in total. The molecule has 3 aliphatic rings. The van der Waals surface area contributed by atoms with E-state index in [1.165, 1.54) is 16.7 Å². The Kier molecular flexibility index (Phi) is 9.16. The van der Waals surface area contributed by atoms with Crippen LogP contribution in [0, 0.1) is 5.41 Å². The number of alkyl carbamates (subject to hydrolysis) is 1. The number of carbonyl (C=O) groups excluding carboxylic acids is 4. The molecule has 0 aromatic heterocycles. The van der Waals surface area contributed by atoms with Gasteiger partial charge in [-0.1, -0.05) is 81.4 Å². The normalized spacial score (nSPS) is 22.6. The lowest BCUT2D eigenvalue weighted by molar-refractivity contribution is -0.164. The van der Waals surface area contributed by atoms with E-state index in [1.54, 1.807) is 32.3 Å². The van der Waals surface area contributed by atoms with Gasteiger partial charge in [-0.3, -0.25) is 9.59 Å². The van der Waals surface area contributed by atoms with E-state index in [4.69, 9.17) is 9.47 Å². The summed E-state index contributed by atoms with van der Waals surface area (Å²) in [6, 6.07) is 16.9. The first-order valence-electron chi connectivity index (χ1n) is 15.2. The van der Waals surface area contributed by atoms with Crippen LogP contribution in [0.4, 0.5) is 4.79 Å². The average Bonchev–Trinajstić information content (AvgIpc) is 3.31. The number of nitrogens with one attached hydrogen (secondary N) is 1. The summed E-state index contributed by atoms with van der Waals surface area (Å²) in [4.78, 5) is 57.0. The molecule has 2 aromatic rings. The first-order valence-corrected chi connectivity index (χ1v) is 16.1. The van der Waals surface area contributed by atoms with Crippen LogP contribution in [0.1, 0.15) is 65.2 Å². The van der Waals surface area contributed by atoms with Crippen LogP contribution in [0.15, 0.2) is 83.3 Å². The standard InChI is InChI=1S/C35H41N3O6S/c1-34(2,3)21-37-18-17-24(29(37)39)19-25-20-45-31-26(36-33(42)44-35(4,5)6)30(40)38(31)27(25)32(41)43-28(22-13-9-7-10-14-22)23-15-11-8-12-16-23/h7-16,19-20,26-28,31H,17-18,21H2,1-6H3,(H,36,42)/b24-19+/t26-,27-,31-/m1/s1. The van der Waals surface area contributed by atoms with Crippen molar-refractivity contribution in [3.8, 4) is 0 Å². The van der Waals surface area contributed by atoms with Crippen LogP contribution in [0.3, 0.4) is 0 Å². The number of rotatable bonds is 7. The van der Waals surface area contributed by atoms with Crippen LogP contribution in [-0.2, 0) is 23.9 Å². The minimum Gasteiger partial charge on any atom is -0.451 e. The van der Waals surface area contributed by atoms with Crippen LogP contribution in [0.25, 0.3) is 0 Å². The third-order valence-electron chi connectivity index (χ3n) is 7.57. The van der Waals surface area contributed by atoms with Crippen molar-refractivity contribution in [3.63, 3.8) is 0 Å². The van der Waals surface area contributed by atoms with Gasteiger partial charge in [0, 0.05) is 18.7 Å². The maximum atomic E-state index is 14.2. The summed E-state index contributed by atoms with van der Waals surface area (Å²) < 4.78 is 11.6. The highest BCUT2D eigenvalue weighted by atomic mass is 32.2. The van der Waals surface area contributed by atoms with E-state index in [1.807, 2.05) is 65.6 Å². The van der Waals surface area contributed by atoms with Crippen molar-refractivity contribution in [2.24, 2.45) is 5.41 Å². The molecule has 9 nitrogen and oxygen atoms in total. The highest BCUT2D eigenvalue weighted by Gasteiger charge is 2.56. The van der Waals surface area contributed by atoms with Gasteiger partial charge in [0.2, 0.25) is 11.8 Å². The number of amides is 3. The molecule has 0 unspecified atom stereocenters. The average molecular weight is 632 g/mol.